The molecule has 0 atom stereocenters. The summed E-state index contributed by atoms with van der Waals surface area (Å²) < 4.78 is 6.40. The first-order valence-electron chi connectivity index (χ1n) is 16.2. The van der Waals surface area contributed by atoms with Crippen molar-refractivity contribution < 1.29 is 4.42 Å². The Balaban J connectivity index is 1.35. The zero-order valence-electron chi connectivity index (χ0n) is 26.6. The van der Waals surface area contributed by atoms with Gasteiger partial charge in [0.2, 0.25) is 0 Å². The highest BCUT2D eigenvalue weighted by atomic mass is 16.3. The van der Waals surface area contributed by atoms with Gasteiger partial charge in [-0.1, -0.05) is 125 Å². The molecule has 1 aromatic heterocycles. The molecule has 0 aliphatic heterocycles. The van der Waals surface area contributed by atoms with Crippen molar-refractivity contribution >= 4 is 60.5 Å². The molecule has 1 aliphatic rings. The molecule has 0 unspecified atom stereocenters. The lowest BCUT2D eigenvalue weighted by atomic mass is 9.54. The lowest BCUT2D eigenvalue weighted by Crippen LogP contribution is -2.44. The van der Waals surface area contributed by atoms with Crippen LogP contribution in [0.25, 0.3) is 54.6 Å². The van der Waals surface area contributed by atoms with Gasteiger partial charge in [0.25, 0.3) is 0 Å². The van der Waals surface area contributed by atoms with E-state index >= 15 is 0 Å². The number of hydrogen-bond donors (Lipinski definition) is 0. The molecule has 0 saturated heterocycles. The predicted molar refractivity (Wildman–Crippen MR) is 195 cm³/mol. The van der Waals surface area contributed by atoms with Gasteiger partial charge >= 0.3 is 0 Å². The molecule has 8 aromatic rings. The zero-order valence-corrected chi connectivity index (χ0v) is 26.6. The molecular formula is C44H35NO. The lowest BCUT2D eigenvalue weighted by molar-refractivity contribution is 0.302. The van der Waals surface area contributed by atoms with Crippen molar-refractivity contribution in [1.82, 2.24) is 0 Å². The fourth-order valence-electron chi connectivity index (χ4n) is 8.06. The van der Waals surface area contributed by atoms with Crippen LogP contribution in [0.3, 0.4) is 0 Å². The van der Waals surface area contributed by atoms with Crippen molar-refractivity contribution in [3.8, 4) is 11.1 Å². The van der Waals surface area contributed by atoms with E-state index in [1.54, 1.807) is 0 Å². The molecule has 0 bridgehead atoms. The molecule has 0 amide bonds. The van der Waals surface area contributed by atoms with Gasteiger partial charge in [-0.2, -0.15) is 0 Å². The van der Waals surface area contributed by atoms with E-state index in [9.17, 15) is 0 Å². The fraction of sp³-hybridized carbons (Fsp3) is 0.136. The quantitative estimate of drug-likeness (QED) is 0.189. The molecule has 2 heteroatoms. The number of anilines is 3. The average Bonchev–Trinajstić information content (AvgIpc) is 3.45. The van der Waals surface area contributed by atoms with Crippen LogP contribution < -0.4 is 4.90 Å². The monoisotopic (exact) mass is 593 g/mol. The van der Waals surface area contributed by atoms with Crippen LogP contribution in [0.1, 0.15) is 38.8 Å². The summed E-state index contributed by atoms with van der Waals surface area (Å²) in [6.45, 7) is 9.77. The Morgan fingerprint density at radius 1 is 0.457 bits per heavy atom. The minimum Gasteiger partial charge on any atom is -0.456 e. The van der Waals surface area contributed by atoms with E-state index < -0.39 is 0 Å². The molecule has 0 N–H and O–H groups in total. The van der Waals surface area contributed by atoms with Gasteiger partial charge in [-0.3, -0.25) is 0 Å². The zero-order chi connectivity index (χ0) is 31.2. The number of fused-ring (bicyclic) bond motifs is 10. The number of furan rings is 1. The number of rotatable bonds is 3. The minimum atomic E-state index is -0.215. The highest BCUT2D eigenvalue weighted by Gasteiger charge is 2.48. The van der Waals surface area contributed by atoms with E-state index in [4.69, 9.17) is 4.42 Å². The molecule has 2 nitrogen and oxygen atoms in total. The molecule has 0 saturated carbocycles. The highest BCUT2D eigenvalue weighted by molar-refractivity contribution is 6.12. The third kappa shape index (κ3) is 3.64. The maximum Gasteiger partial charge on any atom is 0.137 e. The SMILES string of the molecule is CC1(C)c2c(cccc2N(c2ccccc2)c2ccc3c(c2)oc2ccccc23)-c2ccc3ccc4ccccc4c3c2C1(C)C. The maximum absolute atomic E-state index is 6.40. The Bertz CT molecular complexity index is 2480. The van der Waals surface area contributed by atoms with Gasteiger partial charge in [0.05, 0.1) is 5.69 Å². The third-order valence-electron chi connectivity index (χ3n) is 10.9. The summed E-state index contributed by atoms with van der Waals surface area (Å²) in [5.41, 5.74) is 10.2. The van der Waals surface area contributed by atoms with Crippen molar-refractivity contribution in [2.75, 3.05) is 4.90 Å². The van der Waals surface area contributed by atoms with Crippen molar-refractivity contribution in [2.45, 2.75) is 38.5 Å². The molecule has 0 radical (unpaired) electrons. The van der Waals surface area contributed by atoms with Gasteiger partial charge in [0.15, 0.2) is 0 Å². The third-order valence-corrected chi connectivity index (χ3v) is 10.9. The summed E-state index contributed by atoms with van der Waals surface area (Å²) in [7, 11) is 0. The first-order chi connectivity index (χ1) is 22.3. The predicted octanol–water partition coefficient (Wildman–Crippen LogP) is 12.6. The van der Waals surface area contributed by atoms with E-state index in [0.717, 1.165) is 33.3 Å². The van der Waals surface area contributed by atoms with E-state index in [1.165, 1.54) is 49.5 Å². The number of benzene rings is 7. The molecule has 1 heterocycles. The van der Waals surface area contributed by atoms with Gasteiger partial charge in [-0.15, -0.1) is 0 Å². The van der Waals surface area contributed by atoms with Gasteiger partial charge in [0, 0.05) is 39.0 Å². The number of para-hydroxylation sites is 2. The molecule has 0 spiro atoms. The molecular weight excluding hydrogens is 558 g/mol. The normalized spacial score (nSPS) is 14.9. The molecule has 9 rings (SSSR count). The van der Waals surface area contributed by atoms with Gasteiger partial charge in [-0.05, 0) is 80.2 Å². The van der Waals surface area contributed by atoms with Gasteiger partial charge in [0.1, 0.15) is 11.2 Å². The molecule has 7 aromatic carbocycles. The first-order valence-corrected chi connectivity index (χ1v) is 16.2. The van der Waals surface area contributed by atoms with Gasteiger partial charge in [-0.25, -0.2) is 0 Å². The minimum absolute atomic E-state index is 0.180. The number of nitrogens with zero attached hydrogens (tertiary/aromatic N) is 1. The largest absolute Gasteiger partial charge is 0.456 e. The summed E-state index contributed by atoms with van der Waals surface area (Å²) in [6.07, 6.45) is 0. The fourth-order valence-corrected chi connectivity index (χ4v) is 8.06. The van der Waals surface area contributed by atoms with Crippen LogP contribution in [0.4, 0.5) is 17.1 Å². The Morgan fingerprint density at radius 3 is 1.96 bits per heavy atom. The second-order valence-electron chi connectivity index (χ2n) is 13.8. The van der Waals surface area contributed by atoms with E-state index in [-0.39, 0.29) is 10.8 Å². The van der Waals surface area contributed by atoms with E-state index in [1.807, 2.05) is 12.1 Å². The summed E-state index contributed by atoms with van der Waals surface area (Å²) in [5.74, 6) is 0. The van der Waals surface area contributed by atoms with Gasteiger partial charge < -0.3 is 9.32 Å². The van der Waals surface area contributed by atoms with Crippen LogP contribution in [0.2, 0.25) is 0 Å². The Kier molecular flexibility index (Phi) is 5.63. The van der Waals surface area contributed by atoms with Crippen molar-refractivity contribution in [3.63, 3.8) is 0 Å². The highest BCUT2D eigenvalue weighted by Crippen LogP contribution is 2.59. The Hall–Kier alpha value is -5.34. The topological polar surface area (TPSA) is 16.4 Å². The maximum atomic E-state index is 6.40. The van der Waals surface area contributed by atoms with Crippen LogP contribution in [-0.4, -0.2) is 0 Å². The first kappa shape index (κ1) is 27.0. The summed E-state index contributed by atoms with van der Waals surface area (Å²) in [5, 5.41) is 7.56. The summed E-state index contributed by atoms with van der Waals surface area (Å²) >= 11 is 0. The smallest absolute Gasteiger partial charge is 0.137 e. The van der Waals surface area contributed by atoms with Crippen LogP contribution in [0.15, 0.2) is 144 Å². The van der Waals surface area contributed by atoms with Crippen LogP contribution in [-0.2, 0) is 10.8 Å². The van der Waals surface area contributed by atoms with Crippen molar-refractivity contribution in [2.24, 2.45) is 0 Å². The van der Waals surface area contributed by atoms with Crippen molar-refractivity contribution in [1.29, 1.82) is 0 Å². The molecule has 222 valence electrons. The second kappa shape index (κ2) is 9.58. The van der Waals surface area contributed by atoms with Crippen LogP contribution in [0, 0.1) is 0 Å². The second-order valence-corrected chi connectivity index (χ2v) is 13.8. The van der Waals surface area contributed by atoms with Crippen molar-refractivity contribution in [3.05, 3.63) is 151 Å². The molecule has 46 heavy (non-hydrogen) atoms. The average molecular weight is 594 g/mol. The standard InChI is InChI=1S/C44H35NO/c1-43(2)41-35(36-25-23-29-22-21-28-13-8-9-16-32(28)40(29)42(36)44(43,3)4)18-12-19-37(41)45(30-14-6-5-7-15-30)31-24-26-34-33-17-10-11-20-38(33)46-39(34)27-31/h5-27H,1-4H3. The lowest BCUT2D eigenvalue weighted by Gasteiger charge is -2.50. The Morgan fingerprint density at radius 2 is 1.11 bits per heavy atom. The summed E-state index contributed by atoms with van der Waals surface area (Å²) in [4.78, 5) is 2.42. The van der Waals surface area contributed by atoms with Crippen LogP contribution in [0.5, 0.6) is 0 Å². The van der Waals surface area contributed by atoms with Crippen LogP contribution >= 0.6 is 0 Å². The van der Waals surface area contributed by atoms with E-state index in [2.05, 4.69) is 160 Å². The molecule has 1 aliphatic carbocycles. The molecule has 0 fully saturated rings. The summed E-state index contributed by atoms with van der Waals surface area (Å²) in [6, 6.07) is 50.6. The number of hydrogen-bond acceptors (Lipinski definition) is 2. The Labute approximate surface area is 269 Å². The van der Waals surface area contributed by atoms with E-state index in [0.29, 0.717) is 0 Å².